The third-order valence-corrected chi connectivity index (χ3v) is 3.72. The molecular weight excluding hydrogens is 212 g/mol. The van der Waals surface area contributed by atoms with Gasteiger partial charge in [-0.15, -0.1) is 0 Å². The summed E-state index contributed by atoms with van der Waals surface area (Å²) in [6.45, 7) is 4.46. The van der Waals surface area contributed by atoms with Crippen LogP contribution in [0.25, 0.3) is 0 Å². The SMILES string of the molecule is CCC[C@@H](N)C(=O)NCCC(C)S(C)=O. The Morgan fingerprint density at radius 2 is 2.07 bits per heavy atom. The van der Waals surface area contributed by atoms with Gasteiger partial charge in [-0.05, 0) is 12.8 Å². The Kier molecular flexibility index (Phi) is 7.60. The predicted molar refractivity (Wildman–Crippen MR) is 64.0 cm³/mol. The van der Waals surface area contributed by atoms with Crippen molar-refractivity contribution in [1.29, 1.82) is 0 Å². The summed E-state index contributed by atoms with van der Waals surface area (Å²) in [5.41, 5.74) is 5.63. The molecule has 2 unspecified atom stereocenters. The van der Waals surface area contributed by atoms with E-state index in [1.807, 2.05) is 13.8 Å². The van der Waals surface area contributed by atoms with Gasteiger partial charge >= 0.3 is 0 Å². The van der Waals surface area contributed by atoms with E-state index in [0.717, 1.165) is 12.8 Å². The average Bonchev–Trinajstić information content (AvgIpc) is 2.17. The molecule has 4 nitrogen and oxygen atoms in total. The lowest BCUT2D eigenvalue weighted by Gasteiger charge is -2.12. The van der Waals surface area contributed by atoms with E-state index in [1.165, 1.54) is 0 Å². The lowest BCUT2D eigenvalue weighted by atomic mass is 10.1. The number of carbonyl (C=O) groups excluding carboxylic acids is 1. The van der Waals surface area contributed by atoms with Gasteiger partial charge in [-0.1, -0.05) is 20.3 Å². The summed E-state index contributed by atoms with van der Waals surface area (Å²) in [7, 11) is -0.822. The number of hydrogen-bond donors (Lipinski definition) is 2. The Hall–Kier alpha value is -0.420. The Morgan fingerprint density at radius 1 is 1.47 bits per heavy atom. The molecule has 0 aliphatic carbocycles. The molecule has 5 heteroatoms. The zero-order valence-corrected chi connectivity index (χ0v) is 10.6. The van der Waals surface area contributed by atoms with Gasteiger partial charge in [-0.25, -0.2) is 0 Å². The van der Waals surface area contributed by atoms with Crippen LogP contribution in [-0.2, 0) is 15.6 Å². The van der Waals surface area contributed by atoms with Crippen molar-refractivity contribution in [1.82, 2.24) is 5.32 Å². The van der Waals surface area contributed by atoms with Crippen LogP contribution in [0.4, 0.5) is 0 Å². The van der Waals surface area contributed by atoms with E-state index in [0.29, 0.717) is 13.0 Å². The highest BCUT2D eigenvalue weighted by Gasteiger charge is 2.12. The Bertz CT molecular complexity index is 221. The highest BCUT2D eigenvalue weighted by molar-refractivity contribution is 7.84. The van der Waals surface area contributed by atoms with Crippen molar-refractivity contribution < 1.29 is 9.00 Å². The van der Waals surface area contributed by atoms with Crippen LogP contribution in [-0.4, -0.2) is 34.2 Å². The molecule has 0 aromatic rings. The van der Waals surface area contributed by atoms with E-state index in [9.17, 15) is 9.00 Å². The first-order valence-electron chi connectivity index (χ1n) is 5.34. The predicted octanol–water partition coefficient (Wildman–Crippen LogP) is 0.387. The number of nitrogens with one attached hydrogen (secondary N) is 1. The maximum Gasteiger partial charge on any atom is 0.236 e. The smallest absolute Gasteiger partial charge is 0.236 e. The Balaban J connectivity index is 3.67. The highest BCUT2D eigenvalue weighted by atomic mass is 32.2. The second kappa shape index (κ2) is 7.82. The normalized spacial score (nSPS) is 16.8. The maximum atomic E-state index is 11.4. The minimum Gasteiger partial charge on any atom is -0.355 e. The second-order valence-electron chi connectivity index (χ2n) is 3.78. The van der Waals surface area contributed by atoms with Crippen LogP contribution in [0.1, 0.15) is 33.1 Å². The summed E-state index contributed by atoms with van der Waals surface area (Å²) < 4.78 is 11.0. The molecule has 0 radical (unpaired) electrons. The second-order valence-corrected chi connectivity index (χ2v) is 5.59. The van der Waals surface area contributed by atoms with Gasteiger partial charge in [0.1, 0.15) is 0 Å². The molecule has 0 rings (SSSR count). The molecular formula is C10H22N2O2S. The van der Waals surface area contributed by atoms with Gasteiger partial charge < -0.3 is 11.1 Å². The van der Waals surface area contributed by atoms with Crippen LogP contribution in [0.2, 0.25) is 0 Å². The molecule has 3 N–H and O–H groups in total. The minimum absolute atomic E-state index is 0.106. The van der Waals surface area contributed by atoms with Crippen LogP contribution < -0.4 is 11.1 Å². The third kappa shape index (κ3) is 6.62. The molecule has 1 amide bonds. The van der Waals surface area contributed by atoms with E-state index in [2.05, 4.69) is 5.32 Å². The lowest BCUT2D eigenvalue weighted by Crippen LogP contribution is -2.41. The van der Waals surface area contributed by atoms with Crippen molar-refractivity contribution in [3.63, 3.8) is 0 Å². The summed E-state index contributed by atoms with van der Waals surface area (Å²) in [5, 5.41) is 2.87. The standard InChI is InChI=1S/C10H22N2O2S/c1-4-5-9(11)10(13)12-7-6-8(2)15(3)14/h8-9H,4-7,11H2,1-3H3,(H,12,13)/t8?,9-,15?/m1/s1. The molecule has 0 heterocycles. The minimum atomic E-state index is -0.822. The molecule has 0 aromatic heterocycles. The fraction of sp³-hybridized carbons (Fsp3) is 0.900. The molecule has 3 atom stereocenters. The molecule has 0 aromatic carbocycles. The number of hydrogen-bond acceptors (Lipinski definition) is 3. The molecule has 90 valence electrons. The zero-order valence-electron chi connectivity index (χ0n) is 9.79. The largest absolute Gasteiger partial charge is 0.355 e. The Labute approximate surface area is 94.4 Å². The number of amides is 1. The molecule has 15 heavy (non-hydrogen) atoms. The van der Waals surface area contributed by atoms with Gasteiger partial charge in [0.2, 0.25) is 5.91 Å². The quantitative estimate of drug-likeness (QED) is 0.669. The summed E-state index contributed by atoms with van der Waals surface area (Å²) >= 11 is 0. The summed E-state index contributed by atoms with van der Waals surface area (Å²) in [6.07, 6.45) is 4.02. The van der Waals surface area contributed by atoms with Gasteiger partial charge in [0, 0.05) is 28.9 Å². The van der Waals surface area contributed by atoms with Crippen molar-refractivity contribution in [2.45, 2.75) is 44.4 Å². The molecule has 0 fully saturated rings. The van der Waals surface area contributed by atoms with Crippen LogP contribution >= 0.6 is 0 Å². The topological polar surface area (TPSA) is 72.2 Å². The highest BCUT2D eigenvalue weighted by Crippen LogP contribution is 1.98. The van der Waals surface area contributed by atoms with Gasteiger partial charge in [0.25, 0.3) is 0 Å². The first-order valence-corrected chi connectivity index (χ1v) is 6.96. The monoisotopic (exact) mass is 234 g/mol. The fourth-order valence-corrected chi connectivity index (χ4v) is 1.59. The zero-order chi connectivity index (χ0) is 11.8. The van der Waals surface area contributed by atoms with Crippen molar-refractivity contribution in [2.75, 3.05) is 12.8 Å². The molecule has 0 spiro atoms. The average molecular weight is 234 g/mol. The molecule has 0 bridgehead atoms. The summed E-state index contributed by atoms with van der Waals surface area (Å²) in [5.74, 6) is -0.106. The van der Waals surface area contributed by atoms with E-state index < -0.39 is 16.8 Å². The lowest BCUT2D eigenvalue weighted by molar-refractivity contribution is -0.122. The first-order chi connectivity index (χ1) is 6.99. The van der Waals surface area contributed by atoms with E-state index in [1.54, 1.807) is 6.26 Å². The third-order valence-electron chi connectivity index (χ3n) is 2.35. The molecule has 0 saturated carbocycles. The number of carbonyl (C=O) groups is 1. The number of nitrogens with two attached hydrogens (primary N) is 1. The van der Waals surface area contributed by atoms with Crippen LogP contribution in [0.3, 0.4) is 0 Å². The molecule has 0 aliphatic rings. The van der Waals surface area contributed by atoms with Gasteiger partial charge in [-0.3, -0.25) is 9.00 Å². The fourth-order valence-electron chi connectivity index (χ4n) is 1.14. The maximum absolute atomic E-state index is 11.4. The van der Waals surface area contributed by atoms with Crippen LogP contribution in [0, 0.1) is 0 Å². The van der Waals surface area contributed by atoms with E-state index in [-0.39, 0.29) is 11.2 Å². The van der Waals surface area contributed by atoms with Crippen LogP contribution in [0.5, 0.6) is 0 Å². The van der Waals surface area contributed by atoms with Crippen molar-refractivity contribution >= 4 is 16.7 Å². The molecule has 0 saturated heterocycles. The van der Waals surface area contributed by atoms with E-state index in [4.69, 9.17) is 5.73 Å². The van der Waals surface area contributed by atoms with Gasteiger partial charge in [0.15, 0.2) is 0 Å². The summed E-state index contributed by atoms with van der Waals surface area (Å²) in [4.78, 5) is 11.4. The van der Waals surface area contributed by atoms with Crippen molar-refractivity contribution in [3.8, 4) is 0 Å². The van der Waals surface area contributed by atoms with Gasteiger partial charge in [0.05, 0.1) is 6.04 Å². The van der Waals surface area contributed by atoms with Gasteiger partial charge in [-0.2, -0.15) is 0 Å². The molecule has 0 aliphatic heterocycles. The van der Waals surface area contributed by atoms with Crippen molar-refractivity contribution in [2.24, 2.45) is 5.73 Å². The van der Waals surface area contributed by atoms with Crippen LogP contribution in [0.15, 0.2) is 0 Å². The number of rotatable bonds is 7. The Morgan fingerprint density at radius 3 is 2.53 bits per heavy atom. The first kappa shape index (κ1) is 14.6. The van der Waals surface area contributed by atoms with E-state index >= 15 is 0 Å². The summed E-state index contributed by atoms with van der Waals surface area (Å²) in [6, 6.07) is -0.405. The van der Waals surface area contributed by atoms with Crippen molar-refractivity contribution in [3.05, 3.63) is 0 Å².